The Bertz CT molecular complexity index is 737. The Morgan fingerprint density at radius 3 is 2.78 bits per heavy atom. The van der Waals surface area contributed by atoms with Crippen molar-refractivity contribution in [2.24, 2.45) is 11.8 Å². The summed E-state index contributed by atoms with van der Waals surface area (Å²) in [7, 11) is 0. The summed E-state index contributed by atoms with van der Waals surface area (Å²) in [4.78, 5) is 12.1. The van der Waals surface area contributed by atoms with E-state index in [-0.39, 0.29) is 41.1 Å². The molecule has 4 nitrogen and oxygen atoms in total. The lowest BCUT2D eigenvalue weighted by Crippen LogP contribution is -2.39. The van der Waals surface area contributed by atoms with Crippen molar-refractivity contribution >= 4 is 21.7 Å². The number of carbonyl (C=O) groups is 1. The summed E-state index contributed by atoms with van der Waals surface area (Å²) in [5.74, 6) is 1.79. The maximum Gasteiger partial charge on any atom is 0.137 e. The second kappa shape index (κ2) is 5.41. The van der Waals surface area contributed by atoms with Gasteiger partial charge in [0.2, 0.25) is 0 Å². The van der Waals surface area contributed by atoms with E-state index >= 15 is 0 Å². The van der Waals surface area contributed by atoms with E-state index in [4.69, 9.17) is 4.74 Å². The quantitative estimate of drug-likeness (QED) is 0.777. The molecule has 0 spiro atoms. The van der Waals surface area contributed by atoms with Gasteiger partial charge in [0.25, 0.3) is 0 Å². The molecule has 3 aliphatic rings. The van der Waals surface area contributed by atoms with Crippen LogP contribution in [-0.2, 0) is 4.79 Å². The minimum Gasteiger partial charge on any atom is -0.508 e. The Morgan fingerprint density at radius 2 is 2.04 bits per heavy atom. The standard InChI is InChI=1S/C18H17BrO4/c19-16-8-12(22)7-15-13-5-11(21)6-14(13)17(23-18(15)16)9-1-3-10(20)4-2-9/h1,3-4,7-9,13-14,17,20,22H,2,5-6H2/t9?,13-,14+,17+/m1/s1. The topological polar surface area (TPSA) is 66.8 Å². The lowest BCUT2D eigenvalue weighted by Gasteiger charge is -2.39. The van der Waals surface area contributed by atoms with Gasteiger partial charge < -0.3 is 14.9 Å². The number of Topliss-reactive ketones (excluding diaryl/α,β-unsaturated/α-hetero) is 1. The van der Waals surface area contributed by atoms with Crippen LogP contribution in [0.4, 0.5) is 0 Å². The molecule has 5 heteroatoms. The van der Waals surface area contributed by atoms with Crippen molar-refractivity contribution < 1.29 is 19.7 Å². The fraction of sp³-hybridized carbons (Fsp3) is 0.389. The minimum atomic E-state index is -0.0969. The number of hydrogen-bond donors (Lipinski definition) is 2. The van der Waals surface area contributed by atoms with Gasteiger partial charge in [0.1, 0.15) is 29.1 Å². The number of halogens is 1. The van der Waals surface area contributed by atoms with Crippen LogP contribution in [0.1, 0.15) is 30.7 Å². The van der Waals surface area contributed by atoms with Crippen LogP contribution in [0.2, 0.25) is 0 Å². The van der Waals surface area contributed by atoms with E-state index in [0.717, 1.165) is 11.3 Å². The van der Waals surface area contributed by atoms with Gasteiger partial charge in [-0.1, -0.05) is 6.08 Å². The molecule has 1 saturated carbocycles. The molecule has 1 aromatic carbocycles. The molecule has 1 heterocycles. The Balaban J connectivity index is 1.75. The van der Waals surface area contributed by atoms with Gasteiger partial charge in [-0.15, -0.1) is 0 Å². The number of rotatable bonds is 1. The molecule has 1 aromatic rings. The molecule has 23 heavy (non-hydrogen) atoms. The molecule has 0 bridgehead atoms. The number of benzene rings is 1. The summed E-state index contributed by atoms with van der Waals surface area (Å²) in [6, 6.07) is 3.34. The zero-order valence-electron chi connectivity index (χ0n) is 12.4. The molecule has 4 atom stereocenters. The maximum absolute atomic E-state index is 12.1. The van der Waals surface area contributed by atoms with Crippen molar-refractivity contribution in [3.8, 4) is 11.5 Å². The van der Waals surface area contributed by atoms with Crippen molar-refractivity contribution in [3.63, 3.8) is 0 Å². The lowest BCUT2D eigenvalue weighted by atomic mass is 9.76. The van der Waals surface area contributed by atoms with E-state index in [9.17, 15) is 15.0 Å². The fourth-order valence-electron chi connectivity index (χ4n) is 4.07. The molecule has 2 aliphatic carbocycles. The van der Waals surface area contributed by atoms with Crippen LogP contribution < -0.4 is 4.74 Å². The first-order valence-electron chi connectivity index (χ1n) is 7.81. The number of phenolic OH excluding ortho intramolecular Hbond substituents is 1. The van der Waals surface area contributed by atoms with Gasteiger partial charge in [0.15, 0.2) is 0 Å². The minimum absolute atomic E-state index is 0.0903. The number of allylic oxidation sites excluding steroid dienone is 2. The number of aliphatic hydroxyl groups excluding tert-OH is 1. The van der Waals surface area contributed by atoms with E-state index in [1.165, 1.54) is 0 Å². The summed E-state index contributed by atoms with van der Waals surface area (Å²) in [5, 5.41) is 19.4. The highest BCUT2D eigenvalue weighted by Crippen LogP contribution is 2.53. The van der Waals surface area contributed by atoms with Gasteiger partial charge in [0, 0.05) is 36.2 Å². The Hall–Kier alpha value is -1.75. The van der Waals surface area contributed by atoms with Gasteiger partial charge in [0.05, 0.1) is 4.47 Å². The Morgan fingerprint density at radius 1 is 1.22 bits per heavy atom. The number of fused-ring (bicyclic) bond motifs is 3. The van der Waals surface area contributed by atoms with E-state index < -0.39 is 0 Å². The average molecular weight is 377 g/mol. The van der Waals surface area contributed by atoms with Crippen LogP contribution in [0.3, 0.4) is 0 Å². The number of ether oxygens (including phenoxy) is 1. The predicted molar refractivity (Wildman–Crippen MR) is 88.7 cm³/mol. The normalized spacial score (nSPS) is 32.0. The molecular formula is C18H17BrO4. The molecule has 4 rings (SSSR count). The van der Waals surface area contributed by atoms with E-state index in [2.05, 4.69) is 15.9 Å². The van der Waals surface area contributed by atoms with Gasteiger partial charge >= 0.3 is 0 Å². The number of aliphatic hydroxyl groups is 1. The van der Waals surface area contributed by atoms with E-state index in [1.54, 1.807) is 24.3 Å². The van der Waals surface area contributed by atoms with Crippen LogP contribution in [0.5, 0.6) is 11.5 Å². The fourth-order valence-corrected chi connectivity index (χ4v) is 4.62. The smallest absolute Gasteiger partial charge is 0.137 e. The first kappa shape index (κ1) is 14.8. The largest absolute Gasteiger partial charge is 0.508 e. The average Bonchev–Trinajstić information content (AvgIpc) is 2.89. The molecule has 0 amide bonds. The number of aromatic hydroxyl groups is 1. The summed E-state index contributed by atoms with van der Waals surface area (Å²) in [6.07, 6.45) is 7.09. The zero-order valence-corrected chi connectivity index (χ0v) is 14.0. The predicted octanol–water partition coefficient (Wildman–Crippen LogP) is 4.00. The van der Waals surface area contributed by atoms with Crippen molar-refractivity contribution in [2.75, 3.05) is 0 Å². The molecule has 1 aliphatic heterocycles. The van der Waals surface area contributed by atoms with E-state index in [1.807, 2.05) is 6.08 Å². The van der Waals surface area contributed by atoms with Crippen LogP contribution in [0, 0.1) is 11.8 Å². The van der Waals surface area contributed by atoms with Crippen molar-refractivity contribution in [3.05, 3.63) is 46.2 Å². The third-order valence-corrected chi connectivity index (χ3v) is 5.68. The van der Waals surface area contributed by atoms with Crippen LogP contribution in [0.15, 0.2) is 40.6 Å². The second-order valence-corrected chi connectivity index (χ2v) is 7.39. The third kappa shape index (κ3) is 2.47. The van der Waals surface area contributed by atoms with Gasteiger partial charge in [-0.25, -0.2) is 0 Å². The first-order valence-corrected chi connectivity index (χ1v) is 8.60. The highest BCUT2D eigenvalue weighted by molar-refractivity contribution is 9.10. The maximum atomic E-state index is 12.1. The number of ketones is 1. The number of carbonyl (C=O) groups excluding carboxylic acids is 1. The SMILES string of the molecule is O=C1C[C@H]2[C@@H](C1)c1cc(O)cc(Br)c1O[C@H]2C1C=CC(O)=CC1. The lowest BCUT2D eigenvalue weighted by molar-refractivity contribution is -0.117. The second-order valence-electron chi connectivity index (χ2n) is 6.53. The van der Waals surface area contributed by atoms with Crippen LogP contribution in [0.25, 0.3) is 0 Å². The van der Waals surface area contributed by atoms with Crippen LogP contribution >= 0.6 is 15.9 Å². The van der Waals surface area contributed by atoms with Crippen LogP contribution in [-0.4, -0.2) is 22.1 Å². The highest BCUT2D eigenvalue weighted by Gasteiger charge is 2.47. The van der Waals surface area contributed by atoms with E-state index in [0.29, 0.717) is 23.7 Å². The molecular weight excluding hydrogens is 360 g/mol. The molecule has 120 valence electrons. The van der Waals surface area contributed by atoms with Crippen molar-refractivity contribution in [1.29, 1.82) is 0 Å². The zero-order chi connectivity index (χ0) is 16.1. The number of phenols is 1. The van der Waals surface area contributed by atoms with Gasteiger partial charge in [-0.2, -0.15) is 0 Å². The molecule has 2 N–H and O–H groups in total. The molecule has 0 radical (unpaired) electrons. The summed E-state index contributed by atoms with van der Waals surface area (Å²) in [6.45, 7) is 0. The Labute approximate surface area is 142 Å². The first-order chi connectivity index (χ1) is 11.0. The third-order valence-electron chi connectivity index (χ3n) is 5.10. The molecule has 1 unspecified atom stereocenters. The summed E-state index contributed by atoms with van der Waals surface area (Å²) in [5.41, 5.74) is 0.919. The van der Waals surface area contributed by atoms with Gasteiger partial charge in [-0.05, 0) is 46.6 Å². The molecule has 1 fully saturated rings. The number of hydrogen-bond acceptors (Lipinski definition) is 4. The highest BCUT2D eigenvalue weighted by atomic mass is 79.9. The molecule has 0 aromatic heterocycles. The van der Waals surface area contributed by atoms with Gasteiger partial charge in [-0.3, -0.25) is 4.79 Å². The Kier molecular flexibility index (Phi) is 3.48. The summed E-state index contributed by atoms with van der Waals surface area (Å²) < 4.78 is 7.00. The summed E-state index contributed by atoms with van der Waals surface area (Å²) >= 11 is 3.47. The monoisotopic (exact) mass is 376 g/mol. The van der Waals surface area contributed by atoms with Crippen molar-refractivity contribution in [1.82, 2.24) is 0 Å². The molecule has 0 saturated heterocycles. The van der Waals surface area contributed by atoms with Crippen molar-refractivity contribution in [2.45, 2.75) is 31.3 Å².